The quantitative estimate of drug-likeness (QED) is 0.666. The van der Waals surface area contributed by atoms with E-state index in [1.807, 2.05) is 12.1 Å². The highest BCUT2D eigenvalue weighted by Gasteiger charge is 2.04. The second-order valence-corrected chi connectivity index (χ2v) is 4.96. The first kappa shape index (κ1) is 13.4. The van der Waals surface area contributed by atoms with Crippen LogP contribution in [0.1, 0.15) is 0 Å². The molecule has 0 saturated carbocycles. The fourth-order valence-corrected chi connectivity index (χ4v) is 2.17. The van der Waals surface area contributed by atoms with Crippen LogP contribution >= 0.6 is 11.8 Å². The van der Waals surface area contributed by atoms with Crippen molar-refractivity contribution in [3.8, 4) is 0 Å². The smallest absolute Gasteiger partial charge is 0.234 e. The second-order valence-electron chi connectivity index (χ2n) is 3.92. The van der Waals surface area contributed by atoms with E-state index < -0.39 is 0 Å². The summed E-state index contributed by atoms with van der Waals surface area (Å²) in [7, 11) is 0. The minimum absolute atomic E-state index is 0.174. The first-order chi connectivity index (χ1) is 9.13. The normalized spacial score (nSPS) is 10.2. The second kappa shape index (κ2) is 6.24. The van der Waals surface area contributed by atoms with Crippen LogP contribution in [0.2, 0.25) is 0 Å². The lowest BCUT2D eigenvalue weighted by molar-refractivity contribution is -0.113. The lowest BCUT2D eigenvalue weighted by atomic mass is 10.3. The maximum Gasteiger partial charge on any atom is 0.234 e. The van der Waals surface area contributed by atoms with Crippen molar-refractivity contribution in [2.45, 2.75) is 4.90 Å². The topological polar surface area (TPSA) is 55.1 Å². The van der Waals surface area contributed by atoms with Gasteiger partial charge in [0.2, 0.25) is 5.91 Å². The standard InChI is InChI=1S/C14H13FN2OS/c15-10-2-1-3-12(8-10)17-14(18)9-19-13-6-4-11(16)5-7-13/h1-8H,9,16H2,(H,17,18). The molecule has 2 aromatic carbocycles. The number of halogens is 1. The Morgan fingerprint density at radius 1 is 1.21 bits per heavy atom. The molecule has 2 aromatic rings. The Morgan fingerprint density at radius 3 is 2.63 bits per heavy atom. The van der Waals surface area contributed by atoms with Crippen LogP contribution in [0, 0.1) is 5.82 Å². The van der Waals surface area contributed by atoms with Crippen LogP contribution in [0.25, 0.3) is 0 Å². The van der Waals surface area contributed by atoms with Crippen LogP contribution in [0.5, 0.6) is 0 Å². The van der Waals surface area contributed by atoms with Crippen molar-refractivity contribution in [1.29, 1.82) is 0 Å². The number of anilines is 2. The molecule has 0 aliphatic heterocycles. The summed E-state index contributed by atoms with van der Waals surface area (Å²) in [6.45, 7) is 0. The molecular formula is C14H13FN2OS. The number of amides is 1. The zero-order chi connectivity index (χ0) is 13.7. The largest absolute Gasteiger partial charge is 0.399 e. The van der Waals surface area contributed by atoms with Crippen molar-refractivity contribution in [2.24, 2.45) is 0 Å². The van der Waals surface area contributed by atoms with Crippen molar-refractivity contribution in [2.75, 3.05) is 16.8 Å². The van der Waals surface area contributed by atoms with Gasteiger partial charge in [-0.3, -0.25) is 4.79 Å². The van der Waals surface area contributed by atoms with Gasteiger partial charge in [0, 0.05) is 16.3 Å². The highest BCUT2D eigenvalue weighted by molar-refractivity contribution is 8.00. The minimum atomic E-state index is -0.371. The Kier molecular flexibility index (Phi) is 4.41. The minimum Gasteiger partial charge on any atom is -0.399 e. The zero-order valence-corrected chi connectivity index (χ0v) is 10.9. The molecule has 0 spiro atoms. The van der Waals surface area contributed by atoms with E-state index in [2.05, 4.69) is 5.32 Å². The van der Waals surface area contributed by atoms with Crippen molar-refractivity contribution in [1.82, 2.24) is 0 Å². The third-order valence-electron chi connectivity index (χ3n) is 2.36. The van der Waals surface area contributed by atoms with Crippen LogP contribution in [-0.2, 0) is 4.79 Å². The van der Waals surface area contributed by atoms with E-state index >= 15 is 0 Å². The first-order valence-electron chi connectivity index (χ1n) is 5.67. The van der Waals surface area contributed by atoms with Gasteiger partial charge in [0.1, 0.15) is 5.82 Å². The van der Waals surface area contributed by atoms with Crippen molar-refractivity contribution < 1.29 is 9.18 Å². The number of carbonyl (C=O) groups is 1. The van der Waals surface area contributed by atoms with Crippen molar-refractivity contribution in [3.05, 3.63) is 54.3 Å². The molecule has 3 N–H and O–H groups in total. The van der Waals surface area contributed by atoms with Crippen LogP contribution in [0.4, 0.5) is 15.8 Å². The van der Waals surface area contributed by atoms with E-state index in [9.17, 15) is 9.18 Å². The first-order valence-corrected chi connectivity index (χ1v) is 6.66. The third kappa shape index (κ3) is 4.30. The van der Waals surface area contributed by atoms with Crippen LogP contribution < -0.4 is 11.1 Å². The van der Waals surface area contributed by atoms with Gasteiger partial charge in [-0.2, -0.15) is 0 Å². The maximum absolute atomic E-state index is 12.9. The molecule has 0 heterocycles. The average molecular weight is 276 g/mol. The molecule has 19 heavy (non-hydrogen) atoms. The van der Waals surface area contributed by atoms with Crippen LogP contribution in [0.3, 0.4) is 0 Å². The summed E-state index contributed by atoms with van der Waals surface area (Å²) >= 11 is 1.40. The molecule has 0 radical (unpaired) electrons. The summed E-state index contributed by atoms with van der Waals surface area (Å²) in [6, 6.07) is 13.1. The summed E-state index contributed by atoms with van der Waals surface area (Å²) in [5.41, 5.74) is 6.72. The number of carbonyl (C=O) groups excluding carboxylic acids is 1. The summed E-state index contributed by atoms with van der Waals surface area (Å²) in [4.78, 5) is 12.6. The molecule has 98 valence electrons. The molecule has 0 fully saturated rings. The Labute approximate surface area is 115 Å². The average Bonchev–Trinajstić information content (AvgIpc) is 2.38. The Hall–Kier alpha value is -2.01. The van der Waals surface area contributed by atoms with Crippen molar-refractivity contribution in [3.63, 3.8) is 0 Å². The molecular weight excluding hydrogens is 263 g/mol. The number of rotatable bonds is 4. The Morgan fingerprint density at radius 2 is 1.95 bits per heavy atom. The van der Waals surface area contributed by atoms with E-state index in [-0.39, 0.29) is 17.5 Å². The van der Waals surface area contributed by atoms with Gasteiger partial charge >= 0.3 is 0 Å². The van der Waals surface area contributed by atoms with Gasteiger partial charge < -0.3 is 11.1 Å². The molecule has 1 amide bonds. The van der Waals surface area contributed by atoms with Gasteiger partial charge in [0.15, 0.2) is 0 Å². The van der Waals surface area contributed by atoms with Gasteiger partial charge in [0.05, 0.1) is 5.75 Å². The lowest BCUT2D eigenvalue weighted by Gasteiger charge is -2.05. The number of nitrogens with two attached hydrogens (primary N) is 1. The molecule has 0 aliphatic rings. The van der Waals surface area contributed by atoms with Gasteiger partial charge in [-0.25, -0.2) is 4.39 Å². The molecule has 3 nitrogen and oxygen atoms in total. The van der Waals surface area contributed by atoms with Gasteiger partial charge in [-0.05, 0) is 42.5 Å². The number of nitrogen functional groups attached to an aromatic ring is 1. The number of benzene rings is 2. The predicted octanol–water partition coefficient (Wildman–Crippen LogP) is 3.14. The number of thioether (sulfide) groups is 1. The fraction of sp³-hybridized carbons (Fsp3) is 0.0714. The number of hydrogen-bond donors (Lipinski definition) is 2. The highest BCUT2D eigenvalue weighted by atomic mass is 32.2. The summed E-state index contributed by atoms with van der Waals surface area (Å²) < 4.78 is 12.9. The molecule has 5 heteroatoms. The number of nitrogens with one attached hydrogen (secondary N) is 1. The summed E-state index contributed by atoms with van der Waals surface area (Å²) in [5.74, 6) is -0.281. The molecule has 0 unspecified atom stereocenters. The van der Waals surface area contributed by atoms with Crippen LogP contribution in [-0.4, -0.2) is 11.7 Å². The molecule has 0 bridgehead atoms. The highest BCUT2D eigenvalue weighted by Crippen LogP contribution is 2.19. The summed E-state index contributed by atoms with van der Waals surface area (Å²) in [5, 5.41) is 2.64. The molecule has 0 aliphatic carbocycles. The van der Waals surface area contributed by atoms with Gasteiger partial charge in [0.25, 0.3) is 0 Å². The SMILES string of the molecule is Nc1ccc(SCC(=O)Nc2cccc(F)c2)cc1. The molecule has 0 saturated heterocycles. The van der Waals surface area contributed by atoms with E-state index in [4.69, 9.17) is 5.73 Å². The van der Waals surface area contributed by atoms with Gasteiger partial charge in [-0.15, -0.1) is 11.8 Å². The number of hydrogen-bond acceptors (Lipinski definition) is 3. The lowest BCUT2D eigenvalue weighted by Crippen LogP contribution is -2.13. The molecule has 2 rings (SSSR count). The van der Waals surface area contributed by atoms with Crippen molar-refractivity contribution >= 4 is 29.0 Å². The summed E-state index contributed by atoms with van der Waals surface area (Å²) in [6.07, 6.45) is 0. The maximum atomic E-state index is 12.9. The Bertz CT molecular complexity index is 572. The molecule has 0 aromatic heterocycles. The van der Waals surface area contributed by atoms with E-state index in [1.54, 1.807) is 24.3 Å². The predicted molar refractivity (Wildman–Crippen MR) is 76.6 cm³/mol. The monoisotopic (exact) mass is 276 g/mol. The van der Waals surface area contributed by atoms with E-state index in [0.29, 0.717) is 11.4 Å². The third-order valence-corrected chi connectivity index (χ3v) is 3.37. The van der Waals surface area contributed by atoms with E-state index in [0.717, 1.165) is 4.90 Å². The fourth-order valence-electron chi connectivity index (χ4n) is 1.48. The van der Waals surface area contributed by atoms with Crippen LogP contribution in [0.15, 0.2) is 53.4 Å². The van der Waals surface area contributed by atoms with Gasteiger partial charge in [-0.1, -0.05) is 6.07 Å². The zero-order valence-electron chi connectivity index (χ0n) is 10.1. The molecule has 0 atom stereocenters. The Balaban J connectivity index is 1.86. The van der Waals surface area contributed by atoms with E-state index in [1.165, 1.54) is 23.9 Å².